The van der Waals surface area contributed by atoms with E-state index in [-0.39, 0.29) is 5.97 Å². The molecule has 4 heteroatoms. The molecule has 0 saturated carbocycles. The number of carbonyl (C=O) groups is 1. The molecule has 0 aromatic rings. The minimum Gasteiger partial charge on any atom is -0.463 e. The monoisotopic (exact) mass is 229 g/mol. The van der Waals surface area contributed by atoms with Gasteiger partial charge >= 0.3 is 5.97 Å². The van der Waals surface area contributed by atoms with Gasteiger partial charge in [-0.3, -0.25) is 4.90 Å². The number of carbonyl (C=O) groups excluding carboxylic acids is 1. The van der Waals surface area contributed by atoms with Gasteiger partial charge in [0.1, 0.15) is 0 Å². The fourth-order valence-electron chi connectivity index (χ4n) is 1.60. The topological polar surface area (TPSA) is 29.5 Å². The number of esters is 1. The van der Waals surface area contributed by atoms with E-state index >= 15 is 0 Å². The summed E-state index contributed by atoms with van der Waals surface area (Å²) in [5.41, 5.74) is 0.566. The lowest BCUT2D eigenvalue weighted by Gasteiger charge is -2.30. The molecular weight excluding hydrogens is 210 g/mol. The number of rotatable bonds is 4. The van der Waals surface area contributed by atoms with E-state index < -0.39 is 0 Å². The molecule has 0 aliphatic carbocycles. The molecule has 86 valence electrons. The van der Waals surface area contributed by atoms with Crippen molar-refractivity contribution in [3.05, 3.63) is 12.2 Å². The summed E-state index contributed by atoms with van der Waals surface area (Å²) in [7, 11) is 0. The predicted octanol–water partition coefficient (Wildman–Crippen LogP) is 1.54. The Labute approximate surface area is 95.9 Å². The van der Waals surface area contributed by atoms with Gasteiger partial charge in [0.25, 0.3) is 0 Å². The zero-order chi connectivity index (χ0) is 11.3. The Morgan fingerprint density at radius 1 is 1.67 bits per heavy atom. The molecule has 1 aliphatic rings. The van der Waals surface area contributed by atoms with E-state index in [0.29, 0.717) is 24.0 Å². The van der Waals surface area contributed by atoms with Crippen LogP contribution in [0.4, 0.5) is 0 Å². The molecule has 15 heavy (non-hydrogen) atoms. The third-order valence-electron chi connectivity index (χ3n) is 2.30. The van der Waals surface area contributed by atoms with Gasteiger partial charge in [0.2, 0.25) is 0 Å². The van der Waals surface area contributed by atoms with Gasteiger partial charge in [-0.25, -0.2) is 4.79 Å². The molecule has 0 radical (unpaired) electrons. The van der Waals surface area contributed by atoms with Crippen LogP contribution in [0.2, 0.25) is 0 Å². The number of hydrogen-bond acceptors (Lipinski definition) is 4. The summed E-state index contributed by atoms with van der Waals surface area (Å²) >= 11 is 1.98. The minimum atomic E-state index is -0.261. The number of nitrogens with zero attached hydrogens (tertiary/aromatic N) is 1. The van der Waals surface area contributed by atoms with E-state index in [2.05, 4.69) is 18.4 Å². The van der Waals surface area contributed by atoms with Crippen molar-refractivity contribution in [1.29, 1.82) is 0 Å². The molecule has 0 bridgehead atoms. The first kappa shape index (κ1) is 12.6. The number of ether oxygens (including phenoxy) is 1. The van der Waals surface area contributed by atoms with Crippen molar-refractivity contribution in [1.82, 2.24) is 4.90 Å². The van der Waals surface area contributed by atoms with E-state index in [1.165, 1.54) is 0 Å². The molecule has 1 unspecified atom stereocenters. The van der Waals surface area contributed by atoms with Gasteiger partial charge in [-0.15, -0.1) is 0 Å². The van der Waals surface area contributed by atoms with E-state index in [9.17, 15) is 4.79 Å². The Kier molecular flexibility index (Phi) is 5.19. The lowest BCUT2D eigenvalue weighted by Crippen LogP contribution is -2.38. The highest BCUT2D eigenvalue weighted by Crippen LogP contribution is 2.18. The third kappa shape index (κ3) is 4.26. The summed E-state index contributed by atoms with van der Waals surface area (Å²) in [6.45, 7) is 10.9. The highest BCUT2D eigenvalue weighted by Gasteiger charge is 2.19. The first-order chi connectivity index (χ1) is 7.13. The summed E-state index contributed by atoms with van der Waals surface area (Å²) < 4.78 is 4.90. The van der Waals surface area contributed by atoms with Crippen molar-refractivity contribution < 1.29 is 9.53 Å². The molecule has 1 saturated heterocycles. The van der Waals surface area contributed by atoms with Crippen molar-refractivity contribution in [2.45, 2.75) is 19.1 Å². The molecule has 0 N–H and O–H groups in total. The van der Waals surface area contributed by atoms with Crippen molar-refractivity contribution in [3.63, 3.8) is 0 Å². The van der Waals surface area contributed by atoms with Crippen molar-refractivity contribution >= 4 is 17.7 Å². The zero-order valence-corrected chi connectivity index (χ0v) is 10.3. The molecule has 1 rings (SSSR count). The number of thioether (sulfide) groups is 1. The van der Waals surface area contributed by atoms with Crippen molar-refractivity contribution in [3.8, 4) is 0 Å². The maximum Gasteiger partial charge on any atom is 0.334 e. The Morgan fingerprint density at radius 3 is 3.00 bits per heavy atom. The Balaban J connectivity index is 2.33. The first-order valence-electron chi connectivity index (χ1n) is 5.32. The van der Waals surface area contributed by atoms with Crippen LogP contribution < -0.4 is 0 Å². The standard InChI is InChI=1S/C11H19NO2S/c1-4-14-11(13)9(2)7-12-5-6-15-10(3)8-12/h10H,2,4-8H2,1,3H3. The van der Waals surface area contributed by atoms with Crippen LogP contribution in [0, 0.1) is 0 Å². The molecule has 3 nitrogen and oxygen atoms in total. The smallest absolute Gasteiger partial charge is 0.334 e. The molecule has 0 spiro atoms. The van der Waals surface area contributed by atoms with Gasteiger partial charge in [-0.1, -0.05) is 13.5 Å². The lowest BCUT2D eigenvalue weighted by molar-refractivity contribution is -0.138. The second kappa shape index (κ2) is 6.18. The SMILES string of the molecule is C=C(CN1CCSC(C)C1)C(=O)OCC. The van der Waals surface area contributed by atoms with Gasteiger partial charge in [-0.05, 0) is 6.92 Å². The lowest BCUT2D eigenvalue weighted by atomic mass is 10.2. The van der Waals surface area contributed by atoms with Gasteiger partial charge < -0.3 is 4.74 Å². The molecular formula is C11H19NO2S. The Morgan fingerprint density at radius 2 is 2.40 bits per heavy atom. The average Bonchev–Trinajstić information content (AvgIpc) is 2.18. The number of hydrogen-bond donors (Lipinski definition) is 0. The first-order valence-corrected chi connectivity index (χ1v) is 6.37. The molecule has 1 fully saturated rings. The second-order valence-electron chi connectivity index (χ2n) is 3.74. The van der Waals surface area contributed by atoms with Crippen LogP contribution >= 0.6 is 11.8 Å². The maximum absolute atomic E-state index is 11.3. The van der Waals surface area contributed by atoms with Crippen LogP contribution in [0.3, 0.4) is 0 Å². The van der Waals surface area contributed by atoms with Gasteiger partial charge in [0.15, 0.2) is 0 Å². The van der Waals surface area contributed by atoms with Crippen LogP contribution in [0.5, 0.6) is 0 Å². The third-order valence-corrected chi connectivity index (χ3v) is 3.44. The summed E-state index contributed by atoms with van der Waals surface area (Å²) in [5.74, 6) is 0.875. The quantitative estimate of drug-likeness (QED) is 0.540. The average molecular weight is 229 g/mol. The maximum atomic E-state index is 11.3. The van der Waals surface area contributed by atoms with E-state index in [4.69, 9.17) is 4.74 Å². The van der Waals surface area contributed by atoms with Crippen LogP contribution in [-0.2, 0) is 9.53 Å². The molecule has 0 aromatic heterocycles. The minimum absolute atomic E-state index is 0.261. The zero-order valence-electron chi connectivity index (χ0n) is 9.49. The van der Waals surface area contributed by atoms with Crippen LogP contribution in [-0.4, -0.2) is 48.1 Å². The fraction of sp³-hybridized carbons (Fsp3) is 0.727. The van der Waals surface area contributed by atoms with E-state index in [1.54, 1.807) is 0 Å². The summed E-state index contributed by atoms with van der Waals surface area (Å²) in [6, 6.07) is 0. The van der Waals surface area contributed by atoms with Gasteiger partial charge in [-0.2, -0.15) is 11.8 Å². The molecule has 1 heterocycles. The van der Waals surface area contributed by atoms with Gasteiger partial charge in [0.05, 0.1) is 6.61 Å². The van der Waals surface area contributed by atoms with E-state index in [0.717, 1.165) is 18.8 Å². The molecule has 1 aliphatic heterocycles. The summed E-state index contributed by atoms with van der Waals surface area (Å²) in [4.78, 5) is 13.6. The van der Waals surface area contributed by atoms with E-state index in [1.807, 2.05) is 18.7 Å². The summed E-state index contributed by atoms with van der Waals surface area (Å²) in [5, 5.41) is 0.647. The predicted molar refractivity (Wildman–Crippen MR) is 64.1 cm³/mol. The van der Waals surface area contributed by atoms with Crippen molar-refractivity contribution in [2.75, 3.05) is 32.0 Å². The van der Waals surface area contributed by atoms with Crippen LogP contribution in [0.1, 0.15) is 13.8 Å². The van der Waals surface area contributed by atoms with Crippen LogP contribution in [0.15, 0.2) is 12.2 Å². The van der Waals surface area contributed by atoms with Gasteiger partial charge in [0, 0.05) is 36.2 Å². The fourth-order valence-corrected chi connectivity index (χ4v) is 2.68. The largest absolute Gasteiger partial charge is 0.463 e. The second-order valence-corrected chi connectivity index (χ2v) is 5.29. The highest BCUT2D eigenvalue weighted by atomic mass is 32.2. The summed E-state index contributed by atoms with van der Waals surface area (Å²) in [6.07, 6.45) is 0. The normalized spacial score (nSPS) is 22.4. The highest BCUT2D eigenvalue weighted by molar-refractivity contribution is 7.99. The van der Waals surface area contributed by atoms with Crippen LogP contribution in [0.25, 0.3) is 0 Å². The van der Waals surface area contributed by atoms with Crippen molar-refractivity contribution in [2.24, 2.45) is 0 Å². The molecule has 1 atom stereocenters. The Hall–Kier alpha value is -0.480. The molecule has 0 amide bonds. The Bertz CT molecular complexity index is 243. The molecule has 0 aromatic carbocycles.